The van der Waals surface area contributed by atoms with Gasteiger partial charge in [-0.3, -0.25) is 9.88 Å². The minimum atomic E-state index is -0.0112. The van der Waals surface area contributed by atoms with Gasteiger partial charge in [0.1, 0.15) is 0 Å². The Balaban J connectivity index is 1.56. The summed E-state index contributed by atoms with van der Waals surface area (Å²) < 4.78 is 11.2. The van der Waals surface area contributed by atoms with Gasteiger partial charge in [0.2, 0.25) is 11.7 Å². The molecule has 0 unspecified atom stereocenters. The van der Waals surface area contributed by atoms with Crippen molar-refractivity contribution in [2.75, 3.05) is 20.2 Å². The molecular formula is C17H24N4O2. The van der Waals surface area contributed by atoms with Crippen LogP contribution in [-0.4, -0.2) is 45.8 Å². The number of pyridine rings is 1. The summed E-state index contributed by atoms with van der Waals surface area (Å²) in [4.78, 5) is 10.7. The van der Waals surface area contributed by atoms with Gasteiger partial charge < -0.3 is 9.26 Å². The van der Waals surface area contributed by atoms with Crippen LogP contribution in [-0.2, 0) is 11.3 Å². The van der Waals surface area contributed by atoms with Crippen LogP contribution < -0.4 is 0 Å². The van der Waals surface area contributed by atoms with E-state index in [1.54, 1.807) is 12.4 Å². The Morgan fingerprint density at radius 2 is 2.09 bits per heavy atom. The number of nitrogens with zero attached hydrogens (tertiary/aromatic N) is 4. The molecule has 2 aromatic heterocycles. The molecule has 2 aromatic rings. The maximum atomic E-state index is 5.78. The zero-order valence-corrected chi connectivity index (χ0v) is 14.0. The Hall–Kier alpha value is -1.79. The molecule has 3 rings (SSSR count). The summed E-state index contributed by atoms with van der Waals surface area (Å²) in [6.45, 7) is 6.85. The first-order valence-corrected chi connectivity index (χ1v) is 8.07. The molecule has 1 atom stereocenters. The summed E-state index contributed by atoms with van der Waals surface area (Å²) in [5.41, 5.74) is 0.909. The Labute approximate surface area is 136 Å². The number of ether oxygens (including phenoxy) is 1. The molecule has 1 fully saturated rings. The van der Waals surface area contributed by atoms with E-state index in [0.717, 1.165) is 31.6 Å². The topological polar surface area (TPSA) is 64.3 Å². The fraction of sp³-hybridized carbons (Fsp3) is 0.588. The highest BCUT2D eigenvalue weighted by Crippen LogP contribution is 2.29. The highest BCUT2D eigenvalue weighted by molar-refractivity contribution is 5.52. The van der Waals surface area contributed by atoms with Crippen molar-refractivity contribution in [3.8, 4) is 11.4 Å². The van der Waals surface area contributed by atoms with E-state index >= 15 is 0 Å². The highest BCUT2D eigenvalue weighted by atomic mass is 16.5. The maximum Gasteiger partial charge on any atom is 0.241 e. The van der Waals surface area contributed by atoms with E-state index in [9.17, 15) is 0 Å². The van der Waals surface area contributed by atoms with Crippen molar-refractivity contribution >= 4 is 0 Å². The second kappa shape index (κ2) is 6.76. The lowest BCUT2D eigenvalue weighted by Gasteiger charge is -2.36. The van der Waals surface area contributed by atoms with Crippen LogP contribution in [0.3, 0.4) is 0 Å². The zero-order valence-electron chi connectivity index (χ0n) is 14.0. The van der Waals surface area contributed by atoms with Gasteiger partial charge in [-0.1, -0.05) is 5.16 Å². The van der Waals surface area contributed by atoms with Crippen LogP contribution in [0.2, 0.25) is 0 Å². The molecule has 124 valence electrons. The summed E-state index contributed by atoms with van der Waals surface area (Å²) in [7, 11) is 2.10. The lowest BCUT2D eigenvalue weighted by Crippen LogP contribution is -2.38. The number of rotatable bonds is 5. The molecule has 0 N–H and O–H groups in total. The first-order valence-electron chi connectivity index (χ1n) is 8.07. The molecule has 0 aliphatic carbocycles. The summed E-state index contributed by atoms with van der Waals surface area (Å²) >= 11 is 0. The summed E-state index contributed by atoms with van der Waals surface area (Å²) in [5, 5.41) is 4.05. The van der Waals surface area contributed by atoms with Gasteiger partial charge in [-0.25, -0.2) is 0 Å². The molecule has 0 spiro atoms. The molecule has 6 heteroatoms. The van der Waals surface area contributed by atoms with Crippen molar-refractivity contribution in [2.24, 2.45) is 5.92 Å². The minimum absolute atomic E-state index is 0.0112. The van der Waals surface area contributed by atoms with Gasteiger partial charge in [0.25, 0.3) is 0 Å². The van der Waals surface area contributed by atoms with Crippen LogP contribution in [0, 0.1) is 5.92 Å². The molecule has 0 saturated carbocycles. The van der Waals surface area contributed by atoms with Crippen LogP contribution in [0.15, 0.2) is 29.0 Å². The Morgan fingerprint density at radius 1 is 1.30 bits per heavy atom. The summed E-state index contributed by atoms with van der Waals surface area (Å²) in [5.74, 6) is 1.90. The van der Waals surface area contributed by atoms with E-state index in [4.69, 9.17) is 9.26 Å². The molecule has 23 heavy (non-hydrogen) atoms. The van der Waals surface area contributed by atoms with E-state index < -0.39 is 0 Å². The molecular weight excluding hydrogens is 292 g/mol. The zero-order chi connectivity index (χ0) is 16.3. The monoisotopic (exact) mass is 316 g/mol. The second-order valence-corrected chi connectivity index (χ2v) is 6.91. The summed E-state index contributed by atoms with van der Waals surface area (Å²) in [6.07, 6.45) is 5.65. The fourth-order valence-corrected chi connectivity index (χ4v) is 3.19. The van der Waals surface area contributed by atoms with Crippen molar-refractivity contribution < 1.29 is 9.26 Å². The normalized spacial score (nSPS) is 20.8. The Bertz CT molecular complexity index is 627. The fourth-order valence-electron chi connectivity index (χ4n) is 3.19. The van der Waals surface area contributed by atoms with Crippen LogP contribution in [0.4, 0.5) is 0 Å². The minimum Gasteiger partial charge on any atom is -0.376 e. The largest absolute Gasteiger partial charge is 0.376 e. The lowest BCUT2D eigenvalue weighted by molar-refractivity contribution is -0.0763. The predicted molar refractivity (Wildman–Crippen MR) is 86.6 cm³/mol. The van der Waals surface area contributed by atoms with Gasteiger partial charge in [-0.2, -0.15) is 4.98 Å². The third-order valence-corrected chi connectivity index (χ3v) is 4.18. The smallest absolute Gasteiger partial charge is 0.241 e. The molecule has 3 heterocycles. The molecule has 6 nitrogen and oxygen atoms in total. The number of hydrogen-bond acceptors (Lipinski definition) is 6. The molecule has 1 aliphatic rings. The standard InChI is InChI=1S/C17H24N4O2/c1-17(2)10-13(6-9-22-17)11-21(3)12-15-19-16(20-23-15)14-4-7-18-8-5-14/h4-5,7-8,13H,6,9-12H2,1-3H3/t13-/m0/s1. The molecule has 0 aromatic carbocycles. The van der Waals surface area contributed by atoms with E-state index in [-0.39, 0.29) is 5.60 Å². The second-order valence-electron chi connectivity index (χ2n) is 6.91. The van der Waals surface area contributed by atoms with Gasteiger partial charge in [0.05, 0.1) is 12.1 Å². The van der Waals surface area contributed by atoms with Crippen molar-refractivity contribution in [3.05, 3.63) is 30.4 Å². The van der Waals surface area contributed by atoms with Gasteiger partial charge in [-0.15, -0.1) is 0 Å². The maximum absolute atomic E-state index is 5.78. The lowest BCUT2D eigenvalue weighted by atomic mass is 9.88. The van der Waals surface area contributed by atoms with Crippen molar-refractivity contribution in [2.45, 2.75) is 38.8 Å². The third-order valence-electron chi connectivity index (χ3n) is 4.18. The summed E-state index contributed by atoms with van der Waals surface area (Å²) in [6, 6.07) is 3.75. The van der Waals surface area contributed by atoms with Crippen LogP contribution in [0.5, 0.6) is 0 Å². The van der Waals surface area contributed by atoms with Crippen molar-refractivity contribution in [1.82, 2.24) is 20.0 Å². The average molecular weight is 316 g/mol. The van der Waals surface area contributed by atoms with E-state index in [1.165, 1.54) is 0 Å². The first-order chi connectivity index (χ1) is 11.0. The van der Waals surface area contributed by atoms with Crippen LogP contribution in [0.25, 0.3) is 11.4 Å². The van der Waals surface area contributed by atoms with E-state index in [0.29, 0.717) is 24.2 Å². The van der Waals surface area contributed by atoms with E-state index in [2.05, 4.69) is 40.9 Å². The quantitative estimate of drug-likeness (QED) is 0.845. The van der Waals surface area contributed by atoms with Gasteiger partial charge in [0, 0.05) is 31.1 Å². The molecule has 0 bridgehead atoms. The van der Waals surface area contributed by atoms with Crippen molar-refractivity contribution in [1.29, 1.82) is 0 Å². The molecule has 1 saturated heterocycles. The van der Waals surface area contributed by atoms with Crippen LogP contribution in [0.1, 0.15) is 32.6 Å². The predicted octanol–water partition coefficient (Wildman–Crippen LogP) is 2.77. The van der Waals surface area contributed by atoms with Gasteiger partial charge >= 0.3 is 0 Å². The Morgan fingerprint density at radius 3 is 2.83 bits per heavy atom. The molecule has 0 amide bonds. The number of hydrogen-bond donors (Lipinski definition) is 0. The van der Waals surface area contributed by atoms with Crippen molar-refractivity contribution in [3.63, 3.8) is 0 Å². The Kier molecular flexibility index (Phi) is 4.73. The average Bonchev–Trinajstić information content (AvgIpc) is 2.95. The van der Waals surface area contributed by atoms with Gasteiger partial charge in [0.15, 0.2) is 0 Å². The van der Waals surface area contributed by atoms with Crippen LogP contribution >= 0.6 is 0 Å². The van der Waals surface area contributed by atoms with Gasteiger partial charge in [-0.05, 0) is 51.8 Å². The highest BCUT2D eigenvalue weighted by Gasteiger charge is 2.29. The molecule has 1 aliphatic heterocycles. The first kappa shape index (κ1) is 16.1. The number of aromatic nitrogens is 3. The van der Waals surface area contributed by atoms with E-state index in [1.807, 2.05) is 12.1 Å². The SMILES string of the molecule is CN(Cc1nc(-c2ccncc2)no1)C[C@H]1CCOC(C)(C)C1. The third kappa shape index (κ3) is 4.36. The molecule has 0 radical (unpaired) electrons.